The van der Waals surface area contributed by atoms with Gasteiger partial charge in [-0.3, -0.25) is 9.79 Å². The standard InChI is InChI=1S/C25H29N5O4S/c1-2-34-20-10-17-13-26-12-16(17)9-19(20)29-23-22-18-4-3-15(25(33)30(5-7-31)6-8-32)11-21(18)35-24(22)28-14-27-23/h9-10,12,14-15,31-32H,2-8,11,13H2,1H3,(H,27,28,29)/t15-/m0/s1. The number of rotatable bonds is 9. The molecular formula is C25H29N5O4S. The Kier molecular flexibility index (Phi) is 6.94. The molecule has 10 heteroatoms. The maximum atomic E-state index is 13.0. The number of aliphatic hydroxyl groups is 2. The molecule has 9 nitrogen and oxygen atoms in total. The molecule has 2 aliphatic rings. The lowest BCUT2D eigenvalue weighted by Gasteiger charge is -2.28. The second-order valence-electron chi connectivity index (χ2n) is 8.69. The number of amides is 1. The first-order valence-corrected chi connectivity index (χ1v) is 12.8. The molecule has 0 unspecified atom stereocenters. The van der Waals surface area contributed by atoms with Crippen molar-refractivity contribution in [3.8, 4) is 5.75 Å². The summed E-state index contributed by atoms with van der Waals surface area (Å²) in [5.74, 6) is 1.32. The van der Waals surface area contributed by atoms with Crippen LogP contribution in [0.25, 0.3) is 10.2 Å². The van der Waals surface area contributed by atoms with Gasteiger partial charge in [0.15, 0.2) is 0 Å². The average molecular weight is 496 g/mol. The van der Waals surface area contributed by atoms with Crippen molar-refractivity contribution < 1.29 is 19.7 Å². The first kappa shape index (κ1) is 23.7. The molecule has 1 aliphatic heterocycles. The smallest absolute Gasteiger partial charge is 0.226 e. The first-order valence-electron chi connectivity index (χ1n) is 11.9. The van der Waals surface area contributed by atoms with Crippen molar-refractivity contribution in [3.05, 3.63) is 40.0 Å². The molecule has 0 saturated carbocycles. The number of carbonyl (C=O) groups excluding carboxylic acids is 1. The summed E-state index contributed by atoms with van der Waals surface area (Å²) in [6.07, 6.45) is 5.52. The molecular weight excluding hydrogens is 466 g/mol. The Hall–Kier alpha value is -3.08. The Bertz CT molecular complexity index is 1270. The van der Waals surface area contributed by atoms with E-state index in [0.717, 1.165) is 49.9 Å². The number of nitrogens with zero attached hydrogens (tertiary/aromatic N) is 4. The predicted molar refractivity (Wildman–Crippen MR) is 136 cm³/mol. The van der Waals surface area contributed by atoms with E-state index < -0.39 is 0 Å². The Morgan fingerprint density at radius 3 is 2.86 bits per heavy atom. The fourth-order valence-corrected chi connectivity index (χ4v) is 6.15. The van der Waals surface area contributed by atoms with Gasteiger partial charge in [-0.2, -0.15) is 0 Å². The molecule has 184 valence electrons. The number of aromatic nitrogens is 2. The van der Waals surface area contributed by atoms with Crippen LogP contribution in [0.1, 0.15) is 34.9 Å². The van der Waals surface area contributed by atoms with Crippen LogP contribution in [0.5, 0.6) is 5.75 Å². The van der Waals surface area contributed by atoms with E-state index in [2.05, 4.69) is 26.3 Å². The lowest BCUT2D eigenvalue weighted by Crippen LogP contribution is -2.41. The third-order valence-corrected chi connectivity index (χ3v) is 7.69. The van der Waals surface area contributed by atoms with Crippen LogP contribution in [0, 0.1) is 5.92 Å². The number of aryl methyl sites for hydroxylation is 1. The zero-order valence-corrected chi connectivity index (χ0v) is 20.5. The number of aliphatic imine (C=N–C) groups is 1. The third-order valence-electron chi connectivity index (χ3n) is 6.53. The van der Waals surface area contributed by atoms with Gasteiger partial charge in [0.2, 0.25) is 5.91 Å². The summed E-state index contributed by atoms with van der Waals surface area (Å²) in [4.78, 5) is 30.1. The van der Waals surface area contributed by atoms with Crippen molar-refractivity contribution in [2.75, 3.05) is 38.2 Å². The molecule has 0 spiro atoms. The minimum absolute atomic E-state index is 0.0122. The molecule has 3 N–H and O–H groups in total. The van der Waals surface area contributed by atoms with E-state index >= 15 is 0 Å². The van der Waals surface area contributed by atoms with Gasteiger partial charge in [0.05, 0.1) is 37.4 Å². The van der Waals surface area contributed by atoms with E-state index in [9.17, 15) is 15.0 Å². The molecule has 0 fully saturated rings. The number of benzene rings is 1. The van der Waals surface area contributed by atoms with Crippen LogP contribution in [-0.2, 0) is 24.2 Å². The maximum absolute atomic E-state index is 13.0. The third kappa shape index (κ3) is 4.61. The Morgan fingerprint density at radius 2 is 2.09 bits per heavy atom. The molecule has 1 amide bonds. The van der Waals surface area contributed by atoms with Crippen LogP contribution in [0.2, 0.25) is 0 Å². The molecule has 3 aromatic rings. The van der Waals surface area contributed by atoms with Crippen molar-refractivity contribution in [1.82, 2.24) is 14.9 Å². The van der Waals surface area contributed by atoms with Crippen LogP contribution >= 0.6 is 11.3 Å². The molecule has 2 aromatic heterocycles. The topological polar surface area (TPSA) is 120 Å². The van der Waals surface area contributed by atoms with Gasteiger partial charge >= 0.3 is 0 Å². The highest BCUT2D eigenvalue weighted by Crippen LogP contribution is 2.42. The van der Waals surface area contributed by atoms with E-state index in [1.54, 1.807) is 22.6 Å². The van der Waals surface area contributed by atoms with Crippen LogP contribution in [0.15, 0.2) is 23.5 Å². The van der Waals surface area contributed by atoms with Gasteiger partial charge in [-0.05, 0) is 55.0 Å². The maximum Gasteiger partial charge on any atom is 0.226 e. The van der Waals surface area contributed by atoms with E-state index in [1.807, 2.05) is 19.2 Å². The highest BCUT2D eigenvalue weighted by molar-refractivity contribution is 7.19. The minimum Gasteiger partial charge on any atom is -0.492 e. The fourth-order valence-electron chi connectivity index (χ4n) is 4.89. The Balaban J connectivity index is 1.45. The highest BCUT2D eigenvalue weighted by atomic mass is 32.1. The minimum atomic E-state index is -0.168. The summed E-state index contributed by atoms with van der Waals surface area (Å²) in [5.41, 5.74) is 4.25. The van der Waals surface area contributed by atoms with Crippen LogP contribution < -0.4 is 10.1 Å². The fraction of sp³-hybridized carbons (Fsp3) is 0.440. The van der Waals surface area contributed by atoms with E-state index in [0.29, 0.717) is 26.0 Å². The van der Waals surface area contributed by atoms with Gasteiger partial charge in [0.1, 0.15) is 22.7 Å². The number of hydrogen-bond donors (Lipinski definition) is 3. The number of aliphatic hydroxyl groups excluding tert-OH is 2. The number of ether oxygens (including phenoxy) is 1. The SMILES string of the molecule is CCOc1cc2c(cc1Nc1ncnc3sc4c(c13)CC[C@H](C(=O)N(CCO)CCO)C4)C=NC2. The summed E-state index contributed by atoms with van der Waals surface area (Å²) < 4.78 is 5.91. The van der Waals surface area contributed by atoms with Crippen molar-refractivity contribution in [2.45, 2.75) is 32.7 Å². The number of fused-ring (bicyclic) bond motifs is 4. The molecule has 0 bridgehead atoms. The van der Waals surface area contributed by atoms with Crippen molar-refractivity contribution in [2.24, 2.45) is 10.9 Å². The normalized spacial score (nSPS) is 16.3. The quantitative estimate of drug-likeness (QED) is 0.417. The predicted octanol–water partition coefficient (Wildman–Crippen LogP) is 2.68. The average Bonchev–Trinajstić information content (AvgIpc) is 3.47. The van der Waals surface area contributed by atoms with E-state index in [-0.39, 0.29) is 38.1 Å². The van der Waals surface area contributed by atoms with Gasteiger partial charge in [-0.25, -0.2) is 9.97 Å². The van der Waals surface area contributed by atoms with Crippen LogP contribution in [0.4, 0.5) is 11.5 Å². The van der Waals surface area contributed by atoms with Gasteiger partial charge in [0.25, 0.3) is 0 Å². The molecule has 0 saturated heterocycles. The lowest BCUT2D eigenvalue weighted by molar-refractivity contribution is -0.136. The molecule has 35 heavy (non-hydrogen) atoms. The summed E-state index contributed by atoms with van der Waals surface area (Å²) in [6, 6.07) is 4.09. The number of hydrogen-bond acceptors (Lipinski definition) is 9. The van der Waals surface area contributed by atoms with Gasteiger partial charge in [-0.1, -0.05) is 0 Å². The molecule has 1 atom stereocenters. The molecule has 3 heterocycles. The van der Waals surface area contributed by atoms with Crippen molar-refractivity contribution in [1.29, 1.82) is 0 Å². The number of thiophene rings is 1. The van der Waals surface area contributed by atoms with Crippen molar-refractivity contribution in [3.63, 3.8) is 0 Å². The van der Waals surface area contributed by atoms with Gasteiger partial charge < -0.3 is 25.2 Å². The number of anilines is 2. The van der Waals surface area contributed by atoms with Gasteiger partial charge in [0, 0.05) is 30.1 Å². The van der Waals surface area contributed by atoms with Crippen molar-refractivity contribution >= 4 is 45.2 Å². The highest BCUT2D eigenvalue weighted by Gasteiger charge is 2.31. The zero-order valence-electron chi connectivity index (χ0n) is 19.7. The summed E-state index contributed by atoms with van der Waals surface area (Å²) in [5, 5.41) is 23.1. The monoisotopic (exact) mass is 495 g/mol. The molecule has 0 radical (unpaired) electrons. The molecule has 5 rings (SSSR count). The zero-order chi connectivity index (χ0) is 24.4. The first-order chi connectivity index (χ1) is 17.1. The second kappa shape index (κ2) is 10.3. The lowest BCUT2D eigenvalue weighted by atomic mass is 9.87. The van der Waals surface area contributed by atoms with Gasteiger partial charge in [-0.15, -0.1) is 11.3 Å². The molecule has 1 aliphatic carbocycles. The summed E-state index contributed by atoms with van der Waals surface area (Å²) in [6.45, 7) is 3.43. The van der Waals surface area contributed by atoms with E-state index in [4.69, 9.17) is 4.74 Å². The number of carbonyl (C=O) groups is 1. The van der Waals surface area contributed by atoms with Crippen LogP contribution in [-0.4, -0.2) is 70.1 Å². The largest absolute Gasteiger partial charge is 0.492 e. The van der Waals surface area contributed by atoms with Crippen LogP contribution in [0.3, 0.4) is 0 Å². The second-order valence-corrected chi connectivity index (χ2v) is 9.78. The Morgan fingerprint density at radius 1 is 1.26 bits per heavy atom. The van der Waals surface area contributed by atoms with E-state index in [1.165, 1.54) is 5.56 Å². The number of nitrogens with one attached hydrogen (secondary N) is 1. The Labute approximate surface area is 207 Å². The molecule has 1 aromatic carbocycles. The summed E-state index contributed by atoms with van der Waals surface area (Å²) >= 11 is 1.61. The summed E-state index contributed by atoms with van der Waals surface area (Å²) in [7, 11) is 0.